The van der Waals surface area contributed by atoms with Gasteiger partial charge in [0.25, 0.3) is 0 Å². The van der Waals surface area contributed by atoms with E-state index in [9.17, 15) is 18.0 Å². The van der Waals surface area contributed by atoms with Crippen LogP contribution in [0.4, 0.5) is 5.69 Å². The molecule has 0 aliphatic heterocycles. The Hall–Kier alpha value is -3.37. The van der Waals surface area contributed by atoms with E-state index < -0.39 is 28.5 Å². The Morgan fingerprint density at radius 3 is 2.05 bits per heavy atom. The molecule has 10 heteroatoms. The van der Waals surface area contributed by atoms with Crippen molar-refractivity contribution in [3.63, 3.8) is 0 Å². The van der Waals surface area contributed by atoms with E-state index in [0.29, 0.717) is 23.7 Å². The maximum atomic E-state index is 13.6. The van der Waals surface area contributed by atoms with Crippen LogP contribution in [0.2, 0.25) is 0 Å². The van der Waals surface area contributed by atoms with Crippen molar-refractivity contribution in [1.29, 1.82) is 0 Å². The molecular formula is C29H34BrN3O5S. The molecule has 0 spiro atoms. The fourth-order valence-electron chi connectivity index (χ4n) is 3.74. The maximum Gasteiger partial charge on any atom is 0.244 e. The van der Waals surface area contributed by atoms with Gasteiger partial charge in [-0.1, -0.05) is 60.1 Å². The van der Waals surface area contributed by atoms with Crippen LogP contribution in [0.25, 0.3) is 0 Å². The van der Waals surface area contributed by atoms with Gasteiger partial charge in [-0.3, -0.25) is 13.9 Å². The van der Waals surface area contributed by atoms with Crippen molar-refractivity contribution in [1.82, 2.24) is 10.2 Å². The molecule has 0 aromatic heterocycles. The van der Waals surface area contributed by atoms with E-state index in [-0.39, 0.29) is 18.4 Å². The first-order valence-electron chi connectivity index (χ1n) is 12.6. The first-order chi connectivity index (χ1) is 18.4. The Morgan fingerprint density at radius 2 is 1.49 bits per heavy atom. The number of rotatable bonds is 12. The monoisotopic (exact) mass is 615 g/mol. The number of benzene rings is 3. The van der Waals surface area contributed by atoms with Crippen molar-refractivity contribution >= 4 is 43.5 Å². The van der Waals surface area contributed by atoms with E-state index in [0.717, 1.165) is 20.6 Å². The van der Waals surface area contributed by atoms with Crippen LogP contribution in [0.1, 0.15) is 26.3 Å². The predicted molar refractivity (Wildman–Crippen MR) is 157 cm³/mol. The van der Waals surface area contributed by atoms with E-state index in [1.807, 2.05) is 68.4 Å². The summed E-state index contributed by atoms with van der Waals surface area (Å²) in [5, 5.41) is 2.87. The molecule has 3 aromatic carbocycles. The standard InChI is InChI=1S/C29H34BrN3O5S/c1-21(2)18-31-29(35)22(3)32(19-23-10-12-24(30)13-11-23)28(34)20-33(39(4,36)37)25-14-16-27(17-15-25)38-26-8-6-5-7-9-26/h5-17,21-22H,18-20H2,1-4H3,(H,31,35)/t22-/m0/s1. The molecule has 0 aliphatic carbocycles. The number of sulfonamides is 1. The maximum absolute atomic E-state index is 13.6. The van der Waals surface area contributed by atoms with Crippen molar-refractivity contribution in [2.24, 2.45) is 5.92 Å². The van der Waals surface area contributed by atoms with Gasteiger partial charge in [0, 0.05) is 17.6 Å². The van der Waals surface area contributed by atoms with Gasteiger partial charge >= 0.3 is 0 Å². The molecule has 0 saturated heterocycles. The molecule has 0 aliphatic rings. The molecule has 8 nitrogen and oxygen atoms in total. The van der Waals surface area contributed by atoms with Crippen molar-refractivity contribution in [2.75, 3.05) is 23.7 Å². The third kappa shape index (κ3) is 9.11. The molecule has 0 unspecified atom stereocenters. The lowest BCUT2D eigenvalue weighted by Crippen LogP contribution is -2.51. The summed E-state index contributed by atoms with van der Waals surface area (Å²) in [6.45, 7) is 5.76. The summed E-state index contributed by atoms with van der Waals surface area (Å²) in [4.78, 5) is 28.0. The van der Waals surface area contributed by atoms with Crippen molar-refractivity contribution in [3.05, 3.63) is 88.9 Å². The fourth-order valence-corrected chi connectivity index (χ4v) is 4.85. The Labute approximate surface area is 239 Å². The molecular weight excluding hydrogens is 582 g/mol. The summed E-state index contributed by atoms with van der Waals surface area (Å²) >= 11 is 3.40. The lowest BCUT2D eigenvalue weighted by Gasteiger charge is -2.31. The van der Waals surface area contributed by atoms with E-state index >= 15 is 0 Å². The number of amides is 2. The van der Waals surface area contributed by atoms with E-state index in [1.165, 1.54) is 4.90 Å². The van der Waals surface area contributed by atoms with E-state index in [4.69, 9.17) is 4.74 Å². The lowest BCUT2D eigenvalue weighted by molar-refractivity contribution is -0.139. The summed E-state index contributed by atoms with van der Waals surface area (Å²) in [6, 6.07) is 22.3. The molecule has 0 heterocycles. The molecule has 1 atom stereocenters. The van der Waals surface area contributed by atoms with Gasteiger partial charge < -0.3 is 15.0 Å². The van der Waals surface area contributed by atoms with E-state index in [1.54, 1.807) is 31.2 Å². The third-order valence-corrected chi connectivity index (χ3v) is 7.57. The Morgan fingerprint density at radius 1 is 0.897 bits per heavy atom. The number of nitrogens with zero attached hydrogens (tertiary/aromatic N) is 2. The van der Waals surface area contributed by atoms with Crippen molar-refractivity contribution in [2.45, 2.75) is 33.4 Å². The van der Waals surface area contributed by atoms with Gasteiger partial charge in [0.15, 0.2) is 0 Å². The summed E-state index contributed by atoms with van der Waals surface area (Å²) < 4.78 is 33.3. The SMILES string of the molecule is CC(C)CNC(=O)[C@H](C)N(Cc1ccc(Br)cc1)C(=O)CN(c1ccc(Oc2ccccc2)cc1)S(C)(=O)=O. The average Bonchev–Trinajstić information content (AvgIpc) is 2.90. The topological polar surface area (TPSA) is 96.0 Å². The number of nitrogens with one attached hydrogen (secondary N) is 1. The quantitative estimate of drug-likeness (QED) is 0.302. The van der Waals surface area contributed by atoms with Crippen LogP contribution in [0, 0.1) is 5.92 Å². The molecule has 1 N–H and O–H groups in total. The number of hydrogen-bond acceptors (Lipinski definition) is 5. The van der Waals surface area contributed by atoms with Gasteiger partial charge in [-0.15, -0.1) is 0 Å². The predicted octanol–water partition coefficient (Wildman–Crippen LogP) is 5.20. The highest BCUT2D eigenvalue weighted by Crippen LogP contribution is 2.26. The summed E-state index contributed by atoms with van der Waals surface area (Å²) in [5.41, 5.74) is 1.12. The fraction of sp³-hybridized carbons (Fsp3) is 0.310. The van der Waals surface area contributed by atoms with Gasteiger partial charge in [0.2, 0.25) is 21.8 Å². The summed E-state index contributed by atoms with van der Waals surface area (Å²) in [6.07, 6.45) is 1.05. The second kappa shape index (κ2) is 13.6. The van der Waals surface area contributed by atoms with Crippen molar-refractivity contribution < 1.29 is 22.7 Å². The van der Waals surface area contributed by atoms with Gasteiger partial charge in [-0.05, 0) is 66.9 Å². The molecule has 0 fully saturated rings. The second-order valence-corrected chi connectivity index (χ2v) is 12.5. The van der Waals surface area contributed by atoms with Crippen LogP contribution in [-0.2, 0) is 26.2 Å². The molecule has 0 bridgehead atoms. The largest absolute Gasteiger partial charge is 0.457 e. The van der Waals surface area contributed by atoms with Gasteiger partial charge in [-0.2, -0.15) is 0 Å². The smallest absolute Gasteiger partial charge is 0.244 e. The number of hydrogen-bond donors (Lipinski definition) is 1. The highest BCUT2D eigenvalue weighted by Gasteiger charge is 2.30. The zero-order chi connectivity index (χ0) is 28.6. The number of halogens is 1. The minimum Gasteiger partial charge on any atom is -0.457 e. The van der Waals surface area contributed by atoms with E-state index in [2.05, 4.69) is 21.2 Å². The molecule has 39 heavy (non-hydrogen) atoms. The highest BCUT2D eigenvalue weighted by molar-refractivity contribution is 9.10. The second-order valence-electron chi connectivity index (χ2n) is 9.64. The number of carbonyl (C=O) groups excluding carboxylic acids is 2. The van der Waals surface area contributed by atoms with Crippen LogP contribution in [0.3, 0.4) is 0 Å². The first kappa shape index (κ1) is 30.2. The molecule has 3 rings (SSSR count). The highest BCUT2D eigenvalue weighted by atomic mass is 79.9. The van der Waals surface area contributed by atoms with Crippen LogP contribution < -0.4 is 14.4 Å². The Kier molecular flexibility index (Phi) is 10.5. The zero-order valence-corrected chi connectivity index (χ0v) is 24.9. The average molecular weight is 617 g/mol. The Bertz CT molecular complexity index is 1350. The number of anilines is 1. The molecule has 0 radical (unpaired) electrons. The van der Waals surface area contributed by atoms with Crippen LogP contribution in [0.15, 0.2) is 83.3 Å². The number of para-hydroxylation sites is 1. The molecule has 0 saturated carbocycles. The van der Waals surface area contributed by atoms with Gasteiger partial charge in [0.1, 0.15) is 24.1 Å². The number of carbonyl (C=O) groups is 2. The summed E-state index contributed by atoms with van der Waals surface area (Å²) in [7, 11) is -3.83. The first-order valence-corrected chi connectivity index (χ1v) is 15.2. The zero-order valence-electron chi connectivity index (χ0n) is 22.5. The molecule has 208 valence electrons. The van der Waals surface area contributed by atoms with Gasteiger partial charge in [-0.25, -0.2) is 8.42 Å². The lowest BCUT2D eigenvalue weighted by atomic mass is 10.1. The summed E-state index contributed by atoms with van der Waals surface area (Å²) in [5.74, 6) is 0.611. The Balaban J connectivity index is 1.84. The van der Waals surface area contributed by atoms with Gasteiger partial charge in [0.05, 0.1) is 11.9 Å². The third-order valence-electron chi connectivity index (χ3n) is 5.90. The number of ether oxygens (including phenoxy) is 1. The van der Waals surface area contributed by atoms with Crippen LogP contribution >= 0.6 is 15.9 Å². The molecule has 2 amide bonds. The molecule has 3 aromatic rings. The van der Waals surface area contributed by atoms with Crippen LogP contribution in [0.5, 0.6) is 11.5 Å². The normalized spacial score (nSPS) is 12.1. The van der Waals surface area contributed by atoms with Crippen LogP contribution in [-0.4, -0.2) is 50.5 Å². The van der Waals surface area contributed by atoms with Crippen molar-refractivity contribution in [3.8, 4) is 11.5 Å². The minimum absolute atomic E-state index is 0.143. The minimum atomic E-state index is -3.83.